The number of aromatic nitrogens is 24. The van der Waals surface area contributed by atoms with E-state index in [9.17, 15) is 34.0 Å². The molecule has 0 aliphatic heterocycles. The Morgan fingerprint density at radius 2 is 0.831 bits per heavy atom. The van der Waals surface area contributed by atoms with Crippen LogP contribution in [0.4, 0.5) is 5.82 Å². The topological polar surface area (TPSA) is 501 Å². The zero-order chi connectivity index (χ0) is 95.5. The quantitative estimate of drug-likeness (QED) is 0.0147. The molecule has 0 amide bonds. The van der Waals surface area contributed by atoms with Gasteiger partial charge in [-0.1, -0.05) is 53.8 Å². The van der Waals surface area contributed by atoms with E-state index in [0.717, 1.165) is 168 Å². The minimum Gasteiger partial charge on any atom is -0.496 e. The molecule has 36 nitrogen and oxygen atoms in total. The van der Waals surface area contributed by atoms with Crippen molar-refractivity contribution in [3.63, 3.8) is 0 Å². The number of nitrogens with one attached hydrogen (secondary N) is 3. The number of alkyl halides is 1. The largest absolute Gasteiger partial charge is 0.496 e. The number of aromatic amines is 2. The average Bonchev–Trinajstić information content (AvgIpc) is 1.61. The molecule has 8 fully saturated rings. The van der Waals surface area contributed by atoms with Gasteiger partial charge in [0.15, 0.2) is 51.0 Å². The third kappa shape index (κ3) is 26.6. The number of nitrogens with zero attached hydrogens (tertiary/aromatic N) is 24. The normalized spacial score (nSPS) is 15.4. The Morgan fingerprint density at radius 1 is 0.472 bits per heavy atom. The number of aryl methyl sites for hydroxylation is 4. The summed E-state index contributed by atoms with van der Waals surface area (Å²) in [5.74, 6) is 6.09. The van der Waals surface area contributed by atoms with Gasteiger partial charge in [0.05, 0.1) is 128 Å². The third-order valence-electron chi connectivity index (χ3n) is 25.7. The molecule has 0 bridgehead atoms. The molecule has 6 N–H and O–H groups in total. The molecule has 4 atom stereocenters. The van der Waals surface area contributed by atoms with Crippen molar-refractivity contribution >= 4 is 137 Å². The van der Waals surface area contributed by atoms with Crippen LogP contribution in [-0.4, -0.2) is 160 Å². The number of nitrogens with two attached hydrogens (primary N) is 1. The predicted molar refractivity (Wildman–Crippen MR) is 545 cm³/mol. The van der Waals surface area contributed by atoms with Crippen molar-refractivity contribution in [2.45, 2.75) is 233 Å². The molecule has 8 aliphatic carbocycles. The van der Waals surface area contributed by atoms with Gasteiger partial charge in [0.25, 0.3) is 11.1 Å². The molecule has 12 aromatic heterocycles. The van der Waals surface area contributed by atoms with Crippen LogP contribution in [0.3, 0.4) is 0 Å². The van der Waals surface area contributed by atoms with Gasteiger partial charge in [-0.3, -0.25) is 47.0 Å². The second-order valence-electron chi connectivity index (χ2n) is 35.3. The van der Waals surface area contributed by atoms with Gasteiger partial charge in [0.2, 0.25) is 5.28 Å². The number of anilines is 1. The summed E-state index contributed by atoms with van der Waals surface area (Å²) in [5, 5.41) is 29.9. The minimum atomic E-state index is -0.652. The van der Waals surface area contributed by atoms with E-state index in [2.05, 4.69) is 142 Å². The first kappa shape index (κ1) is 116. The van der Waals surface area contributed by atoms with Gasteiger partial charge in [-0.2, -0.15) is 15.5 Å². The Balaban J connectivity index is 0.000000196. The van der Waals surface area contributed by atoms with E-state index in [0.29, 0.717) is 139 Å². The summed E-state index contributed by atoms with van der Waals surface area (Å²) in [6, 6.07) is 14.3. The molecule has 22 rings (SSSR count). The number of rotatable bonds is 21. The minimum absolute atomic E-state index is 0. The van der Waals surface area contributed by atoms with Gasteiger partial charge in [0.1, 0.15) is 53.1 Å². The van der Waals surface area contributed by atoms with E-state index in [1.807, 2.05) is 65.5 Å². The maximum atomic E-state index is 13.8. The smallest absolute Gasteiger partial charge is 0.318 e. The van der Waals surface area contributed by atoms with Crippen LogP contribution in [0, 0.1) is 167 Å². The Hall–Kier alpha value is -9.12. The number of H-pyrrole nitrogens is 2. The van der Waals surface area contributed by atoms with Gasteiger partial charge in [0, 0.05) is 185 Å². The fourth-order valence-corrected chi connectivity index (χ4v) is 17.6. The van der Waals surface area contributed by atoms with E-state index < -0.39 is 22.2 Å². The van der Waals surface area contributed by atoms with E-state index in [1.54, 1.807) is 90.5 Å². The van der Waals surface area contributed by atoms with Crippen LogP contribution in [-0.2, 0) is 19.7 Å². The Labute approximate surface area is 928 Å². The van der Waals surface area contributed by atoms with Gasteiger partial charge >= 0.3 is 22.2 Å². The summed E-state index contributed by atoms with van der Waals surface area (Å²) in [6.07, 6.45) is 30.6. The van der Waals surface area contributed by atoms with Crippen LogP contribution in [0.25, 0.3) is 78.8 Å². The average molecular weight is 2800 g/mol. The van der Waals surface area contributed by atoms with Gasteiger partial charge < -0.3 is 30.9 Å². The van der Waals surface area contributed by atoms with Crippen LogP contribution >= 0.6 is 61.7 Å². The van der Waals surface area contributed by atoms with Crippen molar-refractivity contribution in [3.8, 4) is 52.1 Å². The maximum absolute atomic E-state index is 13.8. The summed E-state index contributed by atoms with van der Waals surface area (Å²) < 4.78 is 13.0. The zero-order valence-electron chi connectivity index (χ0n) is 79.3. The molecule has 725 valence electrons. The molecule has 12 heterocycles. The fraction of sp³-hybridized carbons (Fsp3) is 0.438. The SMILES string of the molecule is C.CI.COc1cc(C#N)ccc1CNc1nc2cnc(-c3c(C)ncnc3C3CC3)nc2n([C@@H](C)C2CC2)c1=O.C[C@@H](C1CC1)n1c(=O)c(=O)[nH]c2cnc(Cl)nc21.Cc1ncnc(C2CC2)c1-c1ncc2[nH]c(=O)c(=O)n([C@@H](C)C3CC3)c2n1.Cc1ncnc(C2CC2)c1-c1ncc2nc(Cl)c(=O)n([C@@H](C)C3CC3)c2n1.Cc1ncnc(C2CC2)c1Br.N#Cc1ccc(CN)c(CO)c1.[B].[B].[B].[U].[U].[U]. The van der Waals surface area contributed by atoms with Crippen LogP contribution in [0.2, 0.25) is 10.4 Å². The number of fused-ring (bicyclic) bond motifs is 4. The van der Waals surface area contributed by atoms with Gasteiger partial charge in [-0.05, 0) is 250 Å². The fourth-order valence-electron chi connectivity index (χ4n) is 16.8. The molecule has 142 heavy (non-hydrogen) atoms. The number of halogens is 4. The van der Waals surface area contributed by atoms with E-state index in [4.69, 9.17) is 59.0 Å². The molecule has 2 aromatic carbocycles. The summed E-state index contributed by atoms with van der Waals surface area (Å²) in [7, 11) is 1.56. The monoisotopic (exact) mass is 2800 g/mol. The first-order valence-corrected chi connectivity index (χ1v) is 48.8. The number of benzene rings is 2. The van der Waals surface area contributed by atoms with Crippen molar-refractivity contribution in [2.24, 2.45) is 29.4 Å². The zero-order valence-corrected chi connectivity index (χ0v) is 97.1. The molecule has 0 unspecified atom stereocenters. The number of aliphatic hydroxyl groups is 1. The molecule has 9 radical (unpaired) electrons. The van der Waals surface area contributed by atoms with Crippen molar-refractivity contribution in [1.82, 2.24) is 118 Å². The van der Waals surface area contributed by atoms with Crippen LogP contribution in [0.1, 0.15) is 259 Å². The van der Waals surface area contributed by atoms with Crippen molar-refractivity contribution < 1.29 is 103 Å². The third-order valence-corrected chi connectivity index (χ3v) is 27.1. The summed E-state index contributed by atoms with van der Waals surface area (Å²) >= 11 is 17.5. The summed E-state index contributed by atoms with van der Waals surface area (Å²) in [4.78, 5) is 161. The Morgan fingerprint density at radius 3 is 1.23 bits per heavy atom. The Kier molecular flexibility index (Phi) is 42.1. The number of aliphatic hydroxyl groups excluding tert-OH is 1. The van der Waals surface area contributed by atoms with E-state index in [-0.39, 0.29) is 184 Å². The predicted octanol–water partition coefficient (Wildman–Crippen LogP) is 14.4. The molecule has 8 aliphatic rings. The van der Waals surface area contributed by atoms with Crippen LogP contribution < -0.4 is 49.1 Å². The summed E-state index contributed by atoms with van der Waals surface area (Å²) in [6.45, 7) is 16.5. The van der Waals surface area contributed by atoms with Crippen molar-refractivity contribution in [2.75, 3.05) is 17.4 Å². The molecule has 14 aromatic rings. The van der Waals surface area contributed by atoms with E-state index >= 15 is 0 Å². The van der Waals surface area contributed by atoms with Crippen molar-refractivity contribution in [3.05, 3.63) is 237 Å². The second kappa shape index (κ2) is 51.3. The maximum Gasteiger partial charge on any atom is 0.318 e. The molecule has 0 spiro atoms. The number of hydrogen-bond acceptors (Lipinski definition) is 30. The van der Waals surface area contributed by atoms with E-state index in [1.165, 1.54) is 33.9 Å². The van der Waals surface area contributed by atoms with Gasteiger partial charge in [-0.25, -0.2) is 84.7 Å². The van der Waals surface area contributed by atoms with Crippen molar-refractivity contribution in [1.29, 1.82) is 10.5 Å². The molecule has 0 saturated heterocycles. The first-order chi connectivity index (χ1) is 65.2. The molecular formula is C96H104B3BrCl2IN28O8U3. The first-order valence-electron chi connectivity index (χ1n) is 45.1. The number of hydrogen-bond donors (Lipinski definition) is 5. The molecule has 46 heteroatoms. The van der Waals surface area contributed by atoms with Crippen LogP contribution in [0.15, 0.2) is 120 Å². The number of methoxy groups -OCH3 is 1. The molecular weight excluding hydrogens is 2700 g/mol. The Bertz CT molecular complexity index is 7420. The molecule has 8 saturated carbocycles. The second-order valence-corrected chi connectivity index (χ2v) is 36.7. The van der Waals surface area contributed by atoms with Gasteiger partial charge in [-0.15, -0.1) is 0 Å². The standard InChI is InChI=1S/C28H28N8O2.C19H19ClN6O.C19H20N6O2.C11H11ClN4O2.C9H10N2O.C8H9BrN2.CH3I.CH4.3B.3U/c1-15-23(24(19-8-9-19)33-14-32-15)25-31-13-21-27(35-25)36(16(2)18-6-7-18)28(37)26(34-21)30-12-20-5-4-17(11-29)10-22(20)38-3;1-9-14(15(12-5-6-12)23-8-22-9)17-21-7-13-18(25-17)26(10(2)11-3-4-11)19(27)16(20)24-13;1-9-14(15(12-5-6-12)22-8-21-9)16-20-7-13-17(24-16)25(10(2)11-3-4-11)19(27)18(26)23-13;1-5(6-2-3-6)16-8-7(4-13-11(12)15-8)14-9(17)10(16)18;10-4-7-1-2-8(5-11)9(3-7)6-12;1-5-7(9)8(6-2-3-6)11-4-10-5;1-2;;;;;;;/h4-5,10,13-14,16,18-19H,6-9,12H2,1-3H3,(H,30,34);7-8,10-12H,3-6H2,1-2H3;7-8,10-12H,3-6H2,1-2H3,(H,23,26);4-6H,2-3H2,1H3,(H,14,17);1-3,12H,5-6,11H2;4,6H,2-3H2,1H3;1H3;1H4;;;;;;/t16-;2*10-;5-;;;;;;;;;;/m0000........../s1. The summed E-state index contributed by atoms with van der Waals surface area (Å²) in [5.41, 5.74) is 20.1. The number of nitriles is 2. The van der Waals surface area contributed by atoms with Crippen LogP contribution in [0.5, 0.6) is 5.75 Å². The number of ether oxygens (including phenoxy) is 1.